The summed E-state index contributed by atoms with van der Waals surface area (Å²) in [5, 5.41) is 10.0. The Kier molecular flexibility index (Phi) is 5.89. The number of carbonyl (C=O) groups is 1. The van der Waals surface area contributed by atoms with Gasteiger partial charge in [-0.05, 0) is 43.5 Å². The standard InChI is InChI=1S/C25H22FNO3/c1-5-11-27-14-20(22(28)6-2)23(29)13-21(27)17-9-7-15(3)19(12-17)18-10-8-16(4)25(30)24(18)26/h6,8,10,12-14,30H,2,5,11H2,1,3-4H3. The van der Waals surface area contributed by atoms with Crippen LogP contribution >= 0.6 is 0 Å². The minimum absolute atomic E-state index is 0.0491. The number of benzene rings is 1. The third-order valence-corrected chi connectivity index (χ3v) is 5.00. The van der Waals surface area contributed by atoms with Crippen LogP contribution in [0.5, 0.6) is 5.75 Å². The normalized spacial score (nSPS) is 10.5. The Hall–Kier alpha value is -3.65. The van der Waals surface area contributed by atoms with Gasteiger partial charge in [0.15, 0.2) is 22.8 Å². The van der Waals surface area contributed by atoms with Crippen molar-refractivity contribution in [1.29, 1.82) is 0 Å². The van der Waals surface area contributed by atoms with Crippen molar-refractivity contribution in [2.24, 2.45) is 0 Å². The number of aromatic hydroxyl groups is 1. The lowest BCUT2D eigenvalue weighted by atomic mass is 9.96. The fraction of sp³-hybridized carbons (Fsp3) is 0.200. The number of aromatic nitrogens is 1. The van der Waals surface area contributed by atoms with E-state index in [2.05, 4.69) is 18.7 Å². The third kappa shape index (κ3) is 3.77. The Morgan fingerprint density at radius 3 is 2.63 bits per heavy atom. The molecule has 1 aromatic heterocycles. The van der Waals surface area contributed by atoms with Crippen LogP contribution in [0.4, 0.5) is 4.39 Å². The molecule has 0 radical (unpaired) electrons. The van der Waals surface area contributed by atoms with Crippen LogP contribution in [0.25, 0.3) is 22.4 Å². The Labute approximate surface area is 174 Å². The topological polar surface area (TPSA) is 59.3 Å². The molecule has 0 bridgehead atoms. The van der Waals surface area contributed by atoms with E-state index in [1.807, 2.05) is 6.92 Å². The van der Waals surface area contributed by atoms with Crippen LogP contribution < -0.4 is 5.43 Å². The second kappa shape index (κ2) is 8.38. The van der Waals surface area contributed by atoms with Crippen molar-refractivity contribution in [2.75, 3.05) is 0 Å². The predicted octanol–water partition coefficient (Wildman–Crippen LogP) is 5.02. The van der Waals surface area contributed by atoms with Crippen molar-refractivity contribution in [1.82, 2.24) is 4.57 Å². The maximum atomic E-state index is 14.7. The minimum atomic E-state index is -0.707. The molecule has 30 heavy (non-hydrogen) atoms. The lowest BCUT2D eigenvalue weighted by Crippen LogP contribution is -2.18. The number of rotatable bonds is 6. The summed E-state index contributed by atoms with van der Waals surface area (Å²) >= 11 is 0. The van der Waals surface area contributed by atoms with Gasteiger partial charge in [-0.2, -0.15) is 0 Å². The number of ketones is 1. The highest BCUT2D eigenvalue weighted by molar-refractivity contribution is 6.04. The number of allylic oxidation sites excluding steroid dienone is 1. The largest absolute Gasteiger partial charge is 0.505 e. The van der Waals surface area contributed by atoms with Crippen LogP contribution in [0, 0.1) is 31.8 Å². The zero-order valence-corrected chi connectivity index (χ0v) is 17.2. The van der Waals surface area contributed by atoms with E-state index in [0.717, 1.165) is 12.5 Å². The van der Waals surface area contributed by atoms with Gasteiger partial charge in [-0.25, -0.2) is 4.39 Å². The van der Waals surface area contributed by atoms with E-state index in [9.17, 15) is 19.1 Å². The molecule has 5 heteroatoms. The van der Waals surface area contributed by atoms with E-state index in [1.54, 1.807) is 36.6 Å². The Morgan fingerprint density at radius 1 is 1.23 bits per heavy atom. The first-order chi connectivity index (χ1) is 14.3. The second-order valence-corrected chi connectivity index (χ2v) is 7.14. The number of halogens is 1. The number of carbonyl (C=O) groups excluding carboxylic acids is 1. The van der Waals surface area contributed by atoms with E-state index < -0.39 is 22.8 Å². The first-order valence-electron chi connectivity index (χ1n) is 9.63. The summed E-state index contributed by atoms with van der Waals surface area (Å²) in [6.07, 6.45) is 3.42. The van der Waals surface area contributed by atoms with Gasteiger partial charge in [0.1, 0.15) is 0 Å². The van der Waals surface area contributed by atoms with Crippen LogP contribution in [0.1, 0.15) is 34.8 Å². The highest BCUT2D eigenvalue weighted by Crippen LogP contribution is 2.34. The Morgan fingerprint density at radius 2 is 1.97 bits per heavy atom. The van der Waals surface area contributed by atoms with Crippen LogP contribution in [0.3, 0.4) is 0 Å². The van der Waals surface area contributed by atoms with Crippen molar-refractivity contribution in [3.63, 3.8) is 0 Å². The summed E-state index contributed by atoms with van der Waals surface area (Å²) in [5.74, 6) is -1.54. The molecule has 0 atom stereocenters. The molecular formula is C25H22FNO3. The maximum absolute atomic E-state index is 14.7. The molecule has 3 rings (SSSR count). The first kappa shape index (κ1) is 21.1. The van der Waals surface area contributed by atoms with Gasteiger partial charge in [-0.1, -0.05) is 37.8 Å². The predicted molar refractivity (Wildman–Crippen MR) is 115 cm³/mol. The van der Waals surface area contributed by atoms with Gasteiger partial charge in [-0.3, -0.25) is 9.59 Å². The van der Waals surface area contributed by atoms with Gasteiger partial charge in [-0.15, -0.1) is 0 Å². The molecule has 1 N–H and O–H groups in total. The van der Waals surface area contributed by atoms with E-state index in [-0.39, 0.29) is 11.1 Å². The minimum Gasteiger partial charge on any atom is -0.505 e. The molecule has 0 spiro atoms. The van der Waals surface area contributed by atoms with Crippen molar-refractivity contribution in [2.45, 2.75) is 33.7 Å². The zero-order valence-electron chi connectivity index (χ0n) is 17.2. The smallest absolute Gasteiger partial charge is 0.193 e. The molecule has 0 aliphatic rings. The van der Waals surface area contributed by atoms with Gasteiger partial charge < -0.3 is 9.67 Å². The molecule has 152 valence electrons. The number of phenolic OH excluding ortho intramolecular Hbond substituents is 1. The number of aryl methyl sites for hydroxylation is 2. The Bertz CT molecular complexity index is 1210. The lowest BCUT2D eigenvalue weighted by Gasteiger charge is -2.15. The van der Waals surface area contributed by atoms with Crippen LogP contribution in [0.15, 0.2) is 47.9 Å². The summed E-state index contributed by atoms with van der Waals surface area (Å²) < 4.78 is 16.5. The average molecular weight is 403 g/mol. The third-order valence-electron chi connectivity index (χ3n) is 5.00. The SMILES string of the molecule is C=CC(=O)c1cn(CCC)c(-c2c#cc(C)c(-c3ccc(C)c(O)c3F)c2)cc1=O. The molecule has 0 unspecified atom stereocenters. The number of pyridine rings is 1. The molecule has 2 aromatic carbocycles. The molecule has 1 heterocycles. The van der Waals surface area contributed by atoms with Crippen LogP contribution in [-0.2, 0) is 6.54 Å². The molecule has 0 aliphatic heterocycles. The molecule has 3 aromatic rings. The van der Waals surface area contributed by atoms with Gasteiger partial charge in [0.2, 0.25) is 0 Å². The van der Waals surface area contributed by atoms with E-state index in [4.69, 9.17) is 0 Å². The average Bonchev–Trinajstić information content (AvgIpc) is 2.73. The lowest BCUT2D eigenvalue weighted by molar-refractivity contribution is 0.104. The number of phenols is 1. The maximum Gasteiger partial charge on any atom is 0.193 e. The fourth-order valence-electron chi connectivity index (χ4n) is 3.33. The number of nitrogens with zero attached hydrogens (tertiary/aromatic N) is 1. The molecular weight excluding hydrogens is 381 g/mol. The summed E-state index contributed by atoms with van der Waals surface area (Å²) in [7, 11) is 0. The number of hydrogen-bond donors (Lipinski definition) is 1. The summed E-state index contributed by atoms with van der Waals surface area (Å²) in [4.78, 5) is 24.5. The quantitative estimate of drug-likeness (QED) is 0.464. The summed E-state index contributed by atoms with van der Waals surface area (Å²) in [6.45, 7) is 9.40. The van der Waals surface area contributed by atoms with Crippen LogP contribution in [0.2, 0.25) is 0 Å². The van der Waals surface area contributed by atoms with Gasteiger partial charge >= 0.3 is 0 Å². The fourth-order valence-corrected chi connectivity index (χ4v) is 3.33. The zero-order chi connectivity index (χ0) is 22.0. The van der Waals surface area contributed by atoms with Crippen molar-refractivity contribution < 1.29 is 14.3 Å². The summed E-state index contributed by atoms with van der Waals surface area (Å²) in [6, 6.07) is 12.4. The molecule has 0 fully saturated rings. The van der Waals surface area contributed by atoms with E-state index in [0.29, 0.717) is 34.5 Å². The van der Waals surface area contributed by atoms with Crippen molar-refractivity contribution >= 4 is 5.78 Å². The highest BCUT2D eigenvalue weighted by Gasteiger charge is 2.17. The highest BCUT2D eigenvalue weighted by atomic mass is 19.1. The molecule has 0 saturated heterocycles. The van der Waals surface area contributed by atoms with Crippen molar-refractivity contribution in [3.05, 3.63) is 88.0 Å². The van der Waals surface area contributed by atoms with E-state index >= 15 is 0 Å². The first-order valence-corrected chi connectivity index (χ1v) is 9.63. The monoisotopic (exact) mass is 403 g/mol. The van der Waals surface area contributed by atoms with Gasteiger partial charge in [0.25, 0.3) is 0 Å². The van der Waals surface area contributed by atoms with Crippen molar-refractivity contribution in [3.8, 4) is 28.1 Å². The summed E-state index contributed by atoms with van der Waals surface area (Å²) in [5.41, 5.74) is 2.60. The van der Waals surface area contributed by atoms with Gasteiger partial charge in [0, 0.05) is 35.5 Å². The molecule has 0 saturated carbocycles. The van der Waals surface area contributed by atoms with Crippen LogP contribution in [-0.4, -0.2) is 15.5 Å². The van der Waals surface area contributed by atoms with Gasteiger partial charge in [0.05, 0.1) is 11.3 Å². The number of hydrogen-bond acceptors (Lipinski definition) is 3. The molecule has 0 amide bonds. The molecule has 0 aliphatic carbocycles. The second-order valence-electron chi connectivity index (χ2n) is 7.14. The Balaban J connectivity index is 2.23. The molecule has 4 nitrogen and oxygen atoms in total. The van der Waals surface area contributed by atoms with E-state index in [1.165, 1.54) is 12.3 Å².